The zero-order valence-electron chi connectivity index (χ0n) is 15.8. The van der Waals surface area contributed by atoms with E-state index < -0.39 is 18.4 Å². The Morgan fingerprint density at radius 3 is 2.63 bits per heavy atom. The Balaban J connectivity index is 1.79. The molecule has 0 saturated carbocycles. The highest BCUT2D eigenvalue weighted by molar-refractivity contribution is 9.10. The van der Waals surface area contributed by atoms with Crippen molar-refractivity contribution in [3.05, 3.63) is 82.2 Å². The third kappa shape index (κ3) is 5.04. The van der Waals surface area contributed by atoms with Crippen molar-refractivity contribution in [2.45, 2.75) is 13.2 Å². The van der Waals surface area contributed by atoms with Crippen molar-refractivity contribution in [2.24, 2.45) is 0 Å². The molecule has 1 N–H and O–H groups in total. The van der Waals surface area contributed by atoms with Crippen LogP contribution in [-0.4, -0.2) is 25.5 Å². The number of hydrogen-bond acceptors (Lipinski definition) is 4. The fourth-order valence-electron chi connectivity index (χ4n) is 2.80. The van der Waals surface area contributed by atoms with Gasteiger partial charge in [-0.25, -0.2) is 0 Å². The molecule has 3 aromatic rings. The summed E-state index contributed by atoms with van der Waals surface area (Å²) in [5.41, 5.74) is 0.983. The standard InChI is InChI=1S/C21H17BrF2N2O4/c1-26(20(28)18-7-4-10-29-18)16-6-3-2-5-15(16)19(27)25-12-13-11-14(22)8-9-17(13)30-21(23)24/h2-11,21H,12H2,1H3,(H,25,27). The van der Waals surface area contributed by atoms with Crippen LogP contribution in [0.3, 0.4) is 0 Å². The number of ether oxygens (including phenoxy) is 1. The zero-order chi connectivity index (χ0) is 21.7. The van der Waals surface area contributed by atoms with Crippen molar-refractivity contribution >= 4 is 33.4 Å². The van der Waals surface area contributed by atoms with Gasteiger partial charge in [-0.15, -0.1) is 0 Å². The molecule has 0 atom stereocenters. The lowest BCUT2D eigenvalue weighted by Gasteiger charge is -2.19. The Labute approximate surface area is 179 Å². The number of carbonyl (C=O) groups excluding carboxylic acids is 2. The van der Waals surface area contributed by atoms with Crippen LogP contribution >= 0.6 is 15.9 Å². The maximum atomic E-state index is 12.8. The van der Waals surface area contributed by atoms with Gasteiger partial charge in [-0.3, -0.25) is 9.59 Å². The predicted molar refractivity (Wildman–Crippen MR) is 110 cm³/mol. The van der Waals surface area contributed by atoms with Gasteiger partial charge in [0.25, 0.3) is 11.8 Å². The lowest BCUT2D eigenvalue weighted by Crippen LogP contribution is -2.30. The Morgan fingerprint density at radius 2 is 1.93 bits per heavy atom. The molecule has 0 fully saturated rings. The molecule has 0 bridgehead atoms. The lowest BCUT2D eigenvalue weighted by atomic mass is 10.1. The van der Waals surface area contributed by atoms with Gasteiger partial charge >= 0.3 is 6.61 Å². The highest BCUT2D eigenvalue weighted by atomic mass is 79.9. The number of carbonyl (C=O) groups is 2. The minimum Gasteiger partial charge on any atom is -0.459 e. The molecule has 6 nitrogen and oxygen atoms in total. The molecule has 0 radical (unpaired) electrons. The smallest absolute Gasteiger partial charge is 0.387 e. The molecular formula is C21H17BrF2N2O4. The predicted octanol–water partition coefficient (Wildman–Crippen LogP) is 4.85. The van der Waals surface area contributed by atoms with E-state index in [2.05, 4.69) is 26.0 Å². The summed E-state index contributed by atoms with van der Waals surface area (Å²) in [6, 6.07) is 14.2. The first kappa shape index (κ1) is 21.5. The fraction of sp³-hybridized carbons (Fsp3) is 0.143. The maximum Gasteiger partial charge on any atom is 0.387 e. The highest BCUT2D eigenvalue weighted by Gasteiger charge is 2.21. The summed E-state index contributed by atoms with van der Waals surface area (Å²) in [5.74, 6) is -0.796. The van der Waals surface area contributed by atoms with E-state index in [1.54, 1.807) is 42.5 Å². The fourth-order valence-corrected chi connectivity index (χ4v) is 3.21. The van der Waals surface area contributed by atoms with Crippen LogP contribution in [0.5, 0.6) is 5.75 Å². The molecule has 2 amide bonds. The number of nitrogens with one attached hydrogen (secondary N) is 1. The van der Waals surface area contributed by atoms with Gasteiger partial charge in [0, 0.05) is 23.6 Å². The minimum absolute atomic E-state index is 0.0353. The number of furan rings is 1. The van der Waals surface area contributed by atoms with Crippen molar-refractivity contribution < 1.29 is 27.5 Å². The van der Waals surface area contributed by atoms with E-state index >= 15 is 0 Å². The van der Waals surface area contributed by atoms with Gasteiger partial charge in [0.2, 0.25) is 0 Å². The molecule has 0 aliphatic heterocycles. The molecule has 1 aromatic heterocycles. The van der Waals surface area contributed by atoms with Gasteiger partial charge in [0.15, 0.2) is 5.76 Å². The molecule has 9 heteroatoms. The molecule has 0 unspecified atom stereocenters. The molecule has 1 heterocycles. The normalized spacial score (nSPS) is 10.7. The molecule has 30 heavy (non-hydrogen) atoms. The molecule has 0 aliphatic rings. The molecule has 0 aliphatic carbocycles. The third-order valence-corrected chi connectivity index (χ3v) is 4.72. The van der Waals surface area contributed by atoms with Crippen molar-refractivity contribution in [3.8, 4) is 5.75 Å². The van der Waals surface area contributed by atoms with E-state index in [0.717, 1.165) is 0 Å². The van der Waals surface area contributed by atoms with E-state index in [0.29, 0.717) is 15.7 Å². The molecule has 3 rings (SSSR count). The summed E-state index contributed by atoms with van der Waals surface area (Å²) < 4.78 is 35.5. The lowest BCUT2D eigenvalue weighted by molar-refractivity contribution is -0.0504. The summed E-state index contributed by atoms with van der Waals surface area (Å²) in [4.78, 5) is 26.7. The van der Waals surface area contributed by atoms with Crippen molar-refractivity contribution in [2.75, 3.05) is 11.9 Å². The SMILES string of the molecule is CN(C(=O)c1ccco1)c1ccccc1C(=O)NCc1cc(Br)ccc1OC(F)F. The number of alkyl halides is 2. The van der Waals surface area contributed by atoms with Gasteiger partial charge in [-0.05, 0) is 42.5 Å². The molecular weight excluding hydrogens is 462 g/mol. The number of amides is 2. The first-order chi connectivity index (χ1) is 14.4. The largest absolute Gasteiger partial charge is 0.459 e. The monoisotopic (exact) mass is 478 g/mol. The second kappa shape index (κ2) is 9.53. The van der Waals surface area contributed by atoms with Crippen molar-refractivity contribution in [1.82, 2.24) is 5.32 Å². The van der Waals surface area contributed by atoms with Crippen LogP contribution in [-0.2, 0) is 6.54 Å². The molecule has 2 aromatic carbocycles. The Hall–Kier alpha value is -3.20. The zero-order valence-corrected chi connectivity index (χ0v) is 17.4. The van der Waals surface area contributed by atoms with Crippen molar-refractivity contribution in [3.63, 3.8) is 0 Å². The number of hydrogen-bond donors (Lipinski definition) is 1. The third-order valence-electron chi connectivity index (χ3n) is 4.22. The van der Waals surface area contributed by atoms with Crippen LogP contribution in [0.2, 0.25) is 0 Å². The van der Waals surface area contributed by atoms with Crippen LogP contribution in [0, 0.1) is 0 Å². The van der Waals surface area contributed by atoms with Gasteiger partial charge in [-0.1, -0.05) is 28.1 Å². The summed E-state index contributed by atoms with van der Waals surface area (Å²) in [6.45, 7) is -3.03. The topological polar surface area (TPSA) is 71.8 Å². The van der Waals surface area contributed by atoms with E-state index in [9.17, 15) is 18.4 Å². The van der Waals surface area contributed by atoms with Gasteiger partial charge in [-0.2, -0.15) is 8.78 Å². The number of halogens is 3. The molecule has 156 valence electrons. The Bertz CT molecular complexity index is 1040. The number of nitrogens with zero attached hydrogens (tertiary/aromatic N) is 1. The average molecular weight is 479 g/mol. The summed E-state index contributed by atoms with van der Waals surface area (Å²) in [6.07, 6.45) is 1.39. The Kier molecular flexibility index (Phi) is 6.83. The maximum absolute atomic E-state index is 12.8. The number of benzene rings is 2. The quantitative estimate of drug-likeness (QED) is 0.526. The Morgan fingerprint density at radius 1 is 1.17 bits per heavy atom. The van der Waals surface area contributed by atoms with Crippen LogP contribution in [0.25, 0.3) is 0 Å². The number of rotatable bonds is 7. The van der Waals surface area contributed by atoms with Crippen LogP contribution in [0.1, 0.15) is 26.5 Å². The van der Waals surface area contributed by atoms with Gasteiger partial charge in [0.1, 0.15) is 5.75 Å². The van der Waals surface area contributed by atoms with Crippen molar-refractivity contribution in [1.29, 1.82) is 0 Å². The second-order valence-electron chi connectivity index (χ2n) is 6.17. The van der Waals surface area contributed by atoms with Crippen LogP contribution in [0.4, 0.5) is 14.5 Å². The first-order valence-electron chi connectivity index (χ1n) is 8.79. The first-order valence-corrected chi connectivity index (χ1v) is 9.58. The van der Waals surface area contributed by atoms with Gasteiger partial charge in [0.05, 0.1) is 17.5 Å². The number of anilines is 1. The summed E-state index contributed by atoms with van der Waals surface area (Å²) in [5, 5.41) is 2.68. The van der Waals surface area contributed by atoms with Crippen LogP contribution in [0.15, 0.2) is 69.8 Å². The summed E-state index contributed by atoms with van der Waals surface area (Å²) >= 11 is 3.27. The van der Waals surface area contributed by atoms with E-state index in [1.165, 1.54) is 30.3 Å². The van der Waals surface area contributed by atoms with Gasteiger partial charge < -0.3 is 19.4 Å². The van der Waals surface area contributed by atoms with Crippen LogP contribution < -0.4 is 15.0 Å². The van der Waals surface area contributed by atoms with E-state index in [-0.39, 0.29) is 23.6 Å². The number of para-hydroxylation sites is 1. The second-order valence-corrected chi connectivity index (χ2v) is 7.09. The highest BCUT2D eigenvalue weighted by Crippen LogP contribution is 2.26. The molecule has 0 spiro atoms. The van der Waals surface area contributed by atoms with E-state index in [4.69, 9.17) is 4.42 Å². The minimum atomic E-state index is -2.98. The summed E-state index contributed by atoms with van der Waals surface area (Å²) in [7, 11) is 1.53. The average Bonchev–Trinajstić information content (AvgIpc) is 3.27. The molecule has 0 saturated heterocycles. The van der Waals surface area contributed by atoms with E-state index in [1.807, 2.05) is 0 Å².